The first-order valence-corrected chi connectivity index (χ1v) is 5.99. The zero-order valence-electron chi connectivity index (χ0n) is 9.78. The predicted molar refractivity (Wildman–Crippen MR) is 66.3 cm³/mol. The SMILES string of the molecule is CC(C)=CC(=O)NCC(C)(O)c1cccs1. The molecule has 0 aliphatic heterocycles. The number of carbonyl (C=O) groups excluding carboxylic acids is 1. The summed E-state index contributed by atoms with van der Waals surface area (Å²) in [7, 11) is 0. The van der Waals surface area contributed by atoms with E-state index in [1.807, 2.05) is 31.4 Å². The molecular weight excluding hydrogens is 222 g/mol. The molecule has 0 aromatic carbocycles. The normalized spacial score (nSPS) is 14.0. The van der Waals surface area contributed by atoms with Crippen LogP contribution in [0.25, 0.3) is 0 Å². The van der Waals surface area contributed by atoms with Gasteiger partial charge in [0.2, 0.25) is 5.91 Å². The van der Waals surface area contributed by atoms with Crippen LogP contribution in [0.15, 0.2) is 29.2 Å². The second kappa shape index (κ2) is 5.27. The maximum Gasteiger partial charge on any atom is 0.244 e. The predicted octanol–water partition coefficient (Wildman–Crippen LogP) is 2.04. The van der Waals surface area contributed by atoms with Gasteiger partial charge in [-0.05, 0) is 32.2 Å². The Morgan fingerprint density at radius 1 is 1.62 bits per heavy atom. The monoisotopic (exact) mass is 239 g/mol. The zero-order chi connectivity index (χ0) is 12.2. The van der Waals surface area contributed by atoms with Gasteiger partial charge in [0.05, 0.1) is 6.54 Å². The Morgan fingerprint density at radius 2 is 2.31 bits per heavy atom. The van der Waals surface area contributed by atoms with Gasteiger partial charge in [-0.15, -0.1) is 11.3 Å². The molecule has 1 rings (SSSR count). The second-order valence-electron chi connectivity index (χ2n) is 4.19. The van der Waals surface area contributed by atoms with Crippen molar-refractivity contribution in [3.05, 3.63) is 34.0 Å². The van der Waals surface area contributed by atoms with Gasteiger partial charge in [0.1, 0.15) is 5.60 Å². The molecule has 0 spiro atoms. The lowest BCUT2D eigenvalue weighted by Crippen LogP contribution is -2.37. The lowest BCUT2D eigenvalue weighted by molar-refractivity contribution is -0.117. The molecule has 0 saturated heterocycles. The molecule has 1 heterocycles. The summed E-state index contributed by atoms with van der Waals surface area (Å²) < 4.78 is 0. The topological polar surface area (TPSA) is 49.3 Å². The lowest BCUT2D eigenvalue weighted by Gasteiger charge is -2.21. The molecule has 1 aromatic heterocycles. The molecule has 16 heavy (non-hydrogen) atoms. The van der Waals surface area contributed by atoms with E-state index in [1.165, 1.54) is 17.4 Å². The summed E-state index contributed by atoms with van der Waals surface area (Å²) in [6.07, 6.45) is 1.52. The Labute approximate surface area is 99.8 Å². The Balaban J connectivity index is 2.55. The quantitative estimate of drug-likeness (QED) is 0.790. The van der Waals surface area contributed by atoms with Gasteiger partial charge in [-0.25, -0.2) is 0 Å². The van der Waals surface area contributed by atoms with Crippen LogP contribution in [0, 0.1) is 0 Å². The van der Waals surface area contributed by atoms with E-state index in [2.05, 4.69) is 5.32 Å². The number of aliphatic hydroxyl groups is 1. The first kappa shape index (κ1) is 12.9. The minimum Gasteiger partial charge on any atom is -0.383 e. The molecule has 0 saturated carbocycles. The highest BCUT2D eigenvalue weighted by atomic mass is 32.1. The third-order valence-electron chi connectivity index (χ3n) is 2.08. The van der Waals surface area contributed by atoms with Crippen LogP contribution >= 0.6 is 11.3 Å². The molecule has 88 valence electrons. The summed E-state index contributed by atoms with van der Waals surface area (Å²) in [6, 6.07) is 3.74. The maximum atomic E-state index is 11.4. The number of nitrogens with one attached hydrogen (secondary N) is 1. The third kappa shape index (κ3) is 3.79. The van der Waals surface area contributed by atoms with Crippen LogP contribution in [0.5, 0.6) is 0 Å². The molecule has 1 aromatic rings. The standard InChI is InChI=1S/C12H17NO2S/c1-9(2)7-11(14)13-8-12(3,15)10-5-4-6-16-10/h4-7,15H,8H2,1-3H3,(H,13,14). The molecular formula is C12H17NO2S. The van der Waals surface area contributed by atoms with Crippen molar-refractivity contribution in [1.82, 2.24) is 5.32 Å². The van der Waals surface area contributed by atoms with Crippen molar-refractivity contribution in [3.8, 4) is 0 Å². The summed E-state index contributed by atoms with van der Waals surface area (Å²) in [4.78, 5) is 12.2. The first-order chi connectivity index (χ1) is 7.42. The number of carbonyl (C=O) groups is 1. The van der Waals surface area contributed by atoms with E-state index in [9.17, 15) is 9.90 Å². The van der Waals surface area contributed by atoms with Crippen molar-refractivity contribution in [3.63, 3.8) is 0 Å². The Bertz CT molecular complexity index is 376. The zero-order valence-corrected chi connectivity index (χ0v) is 10.6. The molecule has 2 N–H and O–H groups in total. The van der Waals surface area contributed by atoms with Crippen molar-refractivity contribution in [2.24, 2.45) is 0 Å². The van der Waals surface area contributed by atoms with Crippen LogP contribution in [-0.2, 0) is 10.4 Å². The van der Waals surface area contributed by atoms with Crippen molar-refractivity contribution in [2.75, 3.05) is 6.54 Å². The van der Waals surface area contributed by atoms with Gasteiger partial charge in [-0.3, -0.25) is 4.79 Å². The molecule has 1 unspecified atom stereocenters. The highest BCUT2D eigenvalue weighted by Crippen LogP contribution is 2.24. The van der Waals surface area contributed by atoms with Crippen LogP contribution in [0.4, 0.5) is 0 Å². The smallest absolute Gasteiger partial charge is 0.244 e. The molecule has 0 aliphatic rings. The number of hydrogen-bond donors (Lipinski definition) is 2. The first-order valence-electron chi connectivity index (χ1n) is 5.11. The van der Waals surface area contributed by atoms with Crippen molar-refractivity contribution in [1.29, 1.82) is 0 Å². The van der Waals surface area contributed by atoms with Crippen LogP contribution in [0.1, 0.15) is 25.6 Å². The average molecular weight is 239 g/mol. The average Bonchev–Trinajstić information content (AvgIpc) is 2.67. The fourth-order valence-corrected chi connectivity index (χ4v) is 2.03. The molecule has 0 fully saturated rings. The van der Waals surface area contributed by atoms with Gasteiger partial charge >= 0.3 is 0 Å². The fraction of sp³-hybridized carbons (Fsp3) is 0.417. The van der Waals surface area contributed by atoms with Crippen molar-refractivity contribution < 1.29 is 9.90 Å². The van der Waals surface area contributed by atoms with E-state index < -0.39 is 5.60 Å². The number of thiophene rings is 1. The van der Waals surface area contributed by atoms with Crippen LogP contribution < -0.4 is 5.32 Å². The number of allylic oxidation sites excluding steroid dienone is 1. The van der Waals surface area contributed by atoms with E-state index in [-0.39, 0.29) is 12.5 Å². The summed E-state index contributed by atoms with van der Waals surface area (Å²) in [5.41, 5.74) is -0.0625. The number of amides is 1. The fourth-order valence-electron chi connectivity index (χ4n) is 1.24. The van der Waals surface area contributed by atoms with E-state index in [1.54, 1.807) is 6.92 Å². The minimum absolute atomic E-state index is 0.170. The summed E-state index contributed by atoms with van der Waals surface area (Å²) in [6.45, 7) is 5.63. The molecule has 4 heteroatoms. The second-order valence-corrected chi connectivity index (χ2v) is 5.14. The highest BCUT2D eigenvalue weighted by molar-refractivity contribution is 7.10. The Morgan fingerprint density at radius 3 is 2.81 bits per heavy atom. The van der Waals surface area contributed by atoms with Crippen LogP contribution in [0.2, 0.25) is 0 Å². The molecule has 1 amide bonds. The van der Waals surface area contributed by atoms with Gasteiger partial charge in [-0.2, -0.15) is 0 Å². The summed E-state index contributed by atoms with van der Waals surface area (Å²) >= 11 is 1.48. The van der Waals surface area contributed by atoms with Gasteiger partial charge < -0.3 is 10.4 Å². The number of rotatable bonds is 4. The minimum atomic E-state index is -1.00. The molecule has 0 radical (unpaired) electrons. The van der Waals surface area contributed by atoms with Gasteiger partial charge in [-0.1, -0.05) is 11.6 Å². The Hall–Kier alpha value is -1.13. The highest BCUT2D eigenvalue weighted by Gasteiger charge is 2.24. The maximum absolute atomic E-state index is 11.4. The van der Waals surface area contributed by atoms with Gasteiger partial charge in [0.15, 0.2) is 0 Å². The lowest BCUT2D eigenvalue weighted by atomic mass is 10.1. The summed E-state index contributed by atoms with van der Waals surface area (Å²) in [5, 5.41) is 14.7. The molecule has 3 nitrogen and oxygen atoms in total. The van der Waals surface area contributed by atoms with Gasteiger partial charge in [0.25, 0.3) is 0 Å². The third-order valence-corrected chi connectivity index (χ3v) is 3.20. The summed E-state index contributed by atoms with van der Waals surface area (Å²) in [5.74, 6) is -0.170. The number of hydrogen-bond acceptors (Lipinski definition) is 3. The molecule has 0 bridgehead atoms. The van der Waals surface area contributed by atoms with Gasteiger partial charge in [0, 0.05) is 11.0 Å². The van der Waals surface area contributed by atoms with Crippen molar-refractivity contribution in [2.45, 2.75) is 26.4 Å². The molecule has 1 atom stereocenters. The van der Waals surface area contributed by atoms with Crippen molar-refractivity contribution >= 4 is 17.2 Å². The largest absolute Gasteiger partial charge is 0.383 e. The van der Waals surface area contributed by atoms with E-state index >= 15 is 0 Å². The van der Waals surface area contributed by atoms with E-state index in [4.69, 9.17) is 0 Å². The van der Waals surface area contributed by atoms with Crippen LogP contribution in [0.3, 0.4) is 0 Å². The Kier molecular flexibility index (Phi) is 4.26. The van der Waals surface area contributed by atoms with E-state index in [0.29, 0.717) is 0 Å². The van der Waals surface area contributed by atoms with Crippen LogP contribution in [-0.4, -0.2) is 17.6 Å². The van der Waals surface area contributed by atoms with E-state index in [0.717, 1.165) is 10.5 Å². The molecule has 0 aliphatic carbocycles.